The number of rotatable bonds is 4. The maximum Gasteiger partial charge on any atom is 0.294 e. The van der Waals surface area contributed by atoms with Crippen LogP contribution in [0.15, 0.2) is 70.5 Å². The summed E-state index contributed by atoms with van der Waals surface area (Å²) in [4.78, 5) is 3.65. The third-order valence-electron chi connectivity index (χ3n) is 3.56. The lowest BCUT2D eigenvalue weighted by molar-refractivity contribution is 0.101. The monoisotopic (exact) mass is 406 g/mol. The lowest BCUT2D eigenvalue weighted by atomic mass is 10.3. The maximum absolute atomic E-state index is 10.9. The summed E-state index contributed by atoms with van der Waals surface area (Å²) in [6.07, 6.45) is 3.38. The van der Waals surface area contributed by atoms with Crippen molar-refractivity contribution in [3.8, 4) is 11.5 Å². The fraction of sp³-hybridized carbons (Fsp3) is 0.167. The number of hydrogen-bond donors (Lipinski definition) is 2. The fourth-order valence-corrected chi connectivity index (χ4v) is 3.40. The Balaban J connectivity index is 0.000000299. The van der Waals surface area contributed by atoms with Crippen LogP contribution >= 0.6 is 11.3 Å². The Morgan fingerprint density at radius 1 is 1.11 bits per heavy atom. The number of anilines is 1. The van der Waals surface area contributed by atoms with Gasteiger partial charge in [0, 0.05) is 28.8 Å². The van der Waals surface area contributed by atoms with E-state index in [2.05, 4.69) is 10.3 Å². The molecule has 2 aromatic heterocycles. The van der Waals surface area contributed by atoms with Gasteiger partial charge in [0.2, 0.25) is 0 Å². The van der Waals surface area contributed by atoms with E-state index < -0.39 is 10.1 Å². The molecule has 0 radical (unpaired) electrons. The van der Waals surface area contributed by atoms with Crippen LogP contribution in [0.5, 0.6) is 11.5 Å². The molecule has 27 heavy (non-hydrogen) atoms. The summed E-state index contributed by atoms with van der Waals surface area (Å²) in [5.74, 6) is 1.52. The van der Waals surface area contributed by atoms with Crippen LogP contribution in [0.25, 0.3) is 0 Å². The minimum atomic E-state index is -4.15. The predicted octanol–water partition coefficient (Wildman–Crippen LogP) is 3.33. The normalized spacial score (nSPS) is 15.4. The lowest BCUT2D eigenvalue weighted by Gasteiger charge is -2.25. The molecule has 7 nitrogen and oxygen atoms in total. The average Bonchev–Trinajstić information content (AvgIpc) is 3.16. The summed E-state index contributed by atoms with van der Waals surface area (Å²) >= 11 is 1.52. The molecule has 0 saturated heterocycles. The number of aromatic nitrogens is 1. The topological polar surface area (TPSA) is 97.8 Å². The third-order valence-corrected chi connectivity index (χ3v) is 5.13. The molecule has 142 valence electrons. The number of pyridine rings is 1. The van der Waals surface area contributed by atoms with Crippen LogP contribution in [0, 0.1) is 0 Å². The van der Waals surface area contributed by atoms with E-state index in [1.54, 1.807) is 24.5 Å². The van der Waals surface area contributed by atoms with Gasteiger partial charge in [-0.1, -0.05) is 6.07 Å². The Morgan fingerprint density at radius 3 is 2.41 bits per heavy atom. The molecule has 0 aliphatic carbocycles. The van der Waals surface area contributed by atoms with Crippen LogP contribution in [-0.2, 0) is 10.1 Å². The second-order valence-electron chi connectivity index (χ2n) is 5.56. The van der Waals surface area contributed by atoms with Crippen molar-refractivity contribution in [2.75, 3.05) is 18.5 Å². The van der Waals surface area contributed by atoms with Crippen molar-refractivity contribution in [2.24, 2.45) is 0 Å². The first-order valence-electron chi connectivity index (χ1n) is 8.04. The molecule has 1 aliphatic rings. The van der Waals surface area contributed by atoms with Crippen molar-refractivity contribution in [1.82, 2.24) is 4.98 Å². The first kappa shape index (κ1) is 19.2. The van der Waals surface area contributed by atoms with Gasteiger partial charge in [-0.2, -0.15) is 8.42 Å². The standard InChI is InChI=1S/C13H13NO5S2.C5H5N/c15-21(16,17)11-3-1-9(2-4-11)14-5-10-6-18-12-7-20-8-13(12)19-10;1-2-4-6-5-3-1/h1-4,7-8,10,14H,5-6H2,(H,15,16,17);1-5H. The SMILES string of the molecule is O=S(=O)(O)c1ccc(NCC2COc3cscc3O2)cc1.c1ccncc1. The molecule has 3 heterocycles. The third kappa shape index (κ3) is 5.68. The fourth-order valence-electron chi connectivity index (χ4n) is 2.25. The Kier molecular flexibility index (Phi) is 6.28. The van der Waals surface area contributed by atoms with Crippen LogP contribution in [0.4, 0.5) is 5.69 Å². The molecule has 0 bridgehead atoms. The zero-order valence-electron chi connectivity index (χ0n) is 14.2. The molecule has 1 aliphatic heterocycles. The highest BCUT2D eigenvalue weighted by Crippen LogP contribution is 2.35. The highest BCUT2D eigenvalue weighted by Gasteiger charge is 2.21. The predicted molar refractivity (Wildman–Crippen MR) is 103 cm³/mol. The number of thiophene rings is 1. The van der Waals surface area contributed by atoms with Crippen LogP contribution in [0.3, 0.4) is 0 Å². The van der Waals surface area contributed by atoms with Crippen LogP contribution in [-0.4, -0.2) is 37.2 Å². The first-order valence-corrected chi connectivity index (χ1v) is 10.4. The van der Waals surface area contributed by atoms with Crippen molar-refractivity contribution in [2.45, 2.75) is 11.0 Å². The number of ether oxygens (including phenoxy) is 2. The lowest BCUT2D eigenvalue weighted by Crippen LogP contribution is -2.34. The van der Waals surface area contributed by atoms with Crippen LogP contribution in [0.2, 0.25) is 0 Å². The van der Waals surface area contributed by atoms with Crippen molar-refractivity contribution in [1.29, 1.82) is 0 Å². The average molecular weight is 406 g/mol. The largest absolute Gasteiger partial charge is 0.485 e. The van der Waals surface area contributed by atoms with Crippen molar-refractivity contribution < 1.29 is 22.4 Å². The van der Waals surface area contributed by atoms with Crippen LogP contribution in [0.1, 0.15) is 0 Å². The minimum Gasteiger partial charge on any atom is -0.485 e. The molecular weight excluding hydrogens is 388 g/mol. The van der Waals surface area contributed by atoms with E-state index in [1.807, 2.05) is 29.0 Å². The van der Waals surface area contributed by atoms with Gasteiger partial charge < -0.3 is 14.8 Å². The zero-order valence-corrected chi connectivity index (χ0v) is 15.8. The number of nitrogens with one attached hydrogen (secondary N) is 1. The van der Waals surface area contributed by atoms with Gasteiger partial charge in [0.25, 0.3) is 10.1 Å². The van der Waals surface area contributed by atoms with Crippen molar-refractivity contribution >= 4 is 27.1 Å². The Morgan fingerprint density at radius 2 is 1.81 bits per heavy atom. The highest BCUT2D eigenvalue weighted by molar-refractivity contribution is 7.85. The maximum atomic E-state index is 10.9. The number of benzene rings is 1. The molecular formula is C18H18N2O5S2. The van der Waals surface area contributed by atoms with Gasteiger partial charge in [-0.25, -0.2) is 0 Å². The molecule has 0 saturated carbocycles. The van der Waals surface area contributed by atoms with E-state index in [-0.39, 0.29) is 11.0 Å². The van der Waals surface area contributed by atoms with Gasteiger partial charge in [0.05, 0.1) is 11.4 Å². The van der Waals surface area contributed by atoms with Gasteiger partial charge in [0.1, 0.15) is 12.7 Å². The van der Waals surface area contributed by atoms with Gasteiger partial charge in [-0.15, -0.1) is 11.3 Å². The summed E-state index contributed by atoms with van der Waals surface area (Å²) in [5.41, 5.74) is 0.738. The Hall–Kier alpha value is -2.62. The molecule has 1 unspecified atom stereocenters. The molecule has 3 aromatic rings. The molecule has 0 amide bonds. The number of nitrogens with zero attached hydrogens (tertiary/aromatic N) is 1. The Bertz CT molecular complexity index is 917. The van der Waals surface area contributed by atoms with Gasteiger partial charge in [0.15, 0.2) is 11.5 Å². The zero-order chi connectivity index (χ0) is 19.1. The smallest absolute Gasteiger partial charge is 0.294 e. The van der Waals surface area contributed by atoms with Gasteiger partial charge in [-0.3, -0.25) is 9.54 Å². The number of hydrogen-bond acceptors (Lipinski definition) is 7. The molecule has 0 fully saturated rings. The highest BCUT2D eigenvalue weighted by atomic mass is 32.2. The van der Waals surface area contributed by atoms with E-state index in [9.17, 15) is 8.42 Å². The molecule has 1 aromatic carbocycles. The molecule has 2 N–H and O–H groups in total. The van der Waals surface area contributed by atoms with E-state index in [0.717, 1.165) is 17.2 Å². The summed E-state index contributed by atoms with van der Waals surface area (Å²) in [5, 5.41) is 6.93. The molecule has 0 spiro atoms. The van der Waals surface area contributed by atoms with Crippen LogP contribution < -0.4 is 14.8 Å². The minimum absolute atomic E-state index is 0.117. The summed E-state index contributed by atoms with van der Waals surface area (Å²) in [6.45, 7) is 0.986. The second kappa shape index (κ2) is 8.85. The van der Waals surface area contributed by atoms with Gasteiger partial charge in [-0.05, 0) is 36.4 Å². The summed E-state index contributed by atoms with van der Waals surface area (Å²) in [7, 11) is -4.15. The number of fused-ring (bicyclic) bond motifs is 1. The Labute approximate surface area is 161 Å². The second-order valence-corrected chi connectivity index (χ2v) is 7.72. The van der Waals surface area contributed by atoms with Crippen molar-refractivity contribution in [3.63, 3.8) is 0 Å². The summed E-state index contributed by atoms with van der Waals surface area (Å²) < 4.78 is 42.1. The van der Waals surface area contributed by atoms with E-state index >= 15 is 0 Å². The quantitative estimate of drug-likeness (QED) is 0.641. The van der Waals surface area contributed by atoms with Crippen molar-refractivity contribution in [3.05, 3.63) is 65.6 Å². The van der Waals surface area contributed by atoms with E-state index in [4.69, 9.17) is 14.0 Å². The molecule has 9 heteroatoms. The molecule has 4 rings (SSSR count). The molecule has 1 atom stereocenters. The van der Waals surface area contributed by atoms with E-state index in [1.165, 1.54) is 23.5 Å². The summed E-state index contributed by atoms with van der Waals surface area (Å²) in [6, 6.07) is 11.6. The first-order chi connectivity index (χ1) is 13.0. The van der Waals surface area contributed by atoms with Gasteiger partial charge >= 0.3 is 0 Å². The van der Waals surface area contributed by atoms with E-state index in [0.29, 0.717) is 13.2 Å².